The third kappa shape index (κ3) is 5.50. The van der Waals surface area contributed by atoms with Crippen molar-refractivity contribution >= 4 is 17.4 Å². The maximum absolute atomic E-state index is 13.1. The predicted octanol–water partition coefficient (Wildman–Crippen LogP) is 5.05. The monoisotopic (exact) mass is 465 g/mol. The number of aryl methyl sites for hydroxylation is 2. The summed E-state index contributed by atoms with van der Waals surface area (Å²) in [7, 11) is 1.60. The lowest BCUT2D eigenvalue weighted by atomic mass is 9.94. The van der Waals surface area contributed by atoms with Crippen molar-refractivity contribution in [3.05, 3.63) is 70.3 Å². The number of hydrogen-bond donors (Lipinski definition) is 1. The number of rotatable bonds is 10. The van der Waals surface area contributed by atoms with Crippen molar-refractivity contribution in [1.82, 2.24) is 4.90 Å². The fourth-order valence-corrected chi connectivity index (χ4v) is 4.14. The van der Waals surface area contributed by atoms with E-state index in [0.717, 1.165) is 28.9 Å². The van der Waals surface area contributed by atoms with Crippen LogP contribution in [-0.2, 0) is 20.7 Å². The molecule has 1 atom stereocenters. The lowest BCUT2D eigenvalue weighted by Gasteiger charge is -2.25. The van der Waals surface area contributed by atoms with Crippen LogP contribution in [0.25, 0.3) is 5.76 Å². The highest BCUT2D eigenvalue weighted by atomic mass is 16.5. The summed E-state index contributed by atoms with van der Waals surface area (Å²) in [5.41, 5.74) is 3.40. The number of ketones is 1. The average molecular weight is 466 g/mol. The number of amides is 1. The molecule has 2 aromatic carbocycles. The first-order valence-corrected chi connectivity index (χ1v) is 11.9. The molecule has 6 heteroatoms. The molecule has 6 nitrogen and oxygen atoms in total. The van der Waals surface area contributed by atoms with Crippen LogP contribution in [0.5, 0.6) is 5.75 Å². The Bertz CT molecular complexity index is 1050. The molecule has 0 saturated carbocycles. The fraction of sp³-hybridized carbons (Fsp3) is 0.429. The minimum absolute atomic E-state index is 0.113. The van der Waals surface area contributed by atoms with Gasteiger partial charge in [0.2, 0.25) is 0 Å². The molecule has 0 aromatic heterocycles. The molecule has 0 radical (unpaired) electrons. The number of hydrogen-bond acceptors (Lipinski definition) is 5. The molecule has 1 amide bonds. The van der Waals surface area contributed by atoms with Crippen LogP contribution in [-0.4, -0.2) is 48.6 Å². The van der Waals surface area contributed by atoms with Crippen molar-refractivity contribution in [2.24, 2.45) is 5.92 Å². The van der Waals surface area contributed by atoms with Crippen molar-refractivity contribution < 1.29 is 24.2 Å². The van der Waals surface area contributed by atoms with Gasteiger partial charge in [0.25, 0.3) is 11.7 Å². The zero-order chi connectivity index (χ0) is 24.8. The van der Waals surface area contributed by atoms with E-state index < -0.39 is 17.7 Å². The Kier molecular flexibility index (Phi) is 8.51. The van der Waals surface area contributed by atoms with Gasteiger partial charge in [0.15, 0.2) is 0 Å². The zero-order valence-electron chi connectivity index (χ0n) is 20.8. The van der Waals surface area contributed by atoms with E-state index in [9.17, 15) is 14.7 Å². The number of likely N-dealkylation sites (tertiary alicyclic amines) is 1. The van der Waals surface area contributed by atoms with Crippen LogP contribution in [0.4, 0.5) is 0 Å². The van der Waals surface area contributed by atoms with E-state index in [1.54, 1.807) is 30.2 Å². The highest BCUT2D eigenvalue weighted by Crippen LogP contribution is 2.40. The minimum atomic E-state index is -0.669. The highest BCUT2D eigenvalue weighted by molar-refractivity contribution is 6.46. The van der Waals surface area contributed by atoms with Gasteiger partial charge in [-0.15, -0.1) is 0 Å². The van der Waals surface area contributed by atoms with Crippen molar-refractivity contribution in [1.29, 1.82) is 0 Å². The van der Waals surface area contributed by atoms with E-state index in [0.29, 0.717) is 37.7 Å². The van der Waals surface area contributed by atoms with E-state index in [1.807, 2.05) is 31.2 Å². The summed E-state index contributed by atoms with van der Waals surface area (Å²) in [5.74, 6) is -0.318. The molecule has 182 valence electrons. The molecule has 34 heavy (non-hydrogen) atoms. The van der Waals surface area contributed by atoms with Crippen molar-refractivity contribution in [3.63, 3.8) is 0 Å². The summed E-state index contributed by atoms with van der Waals surface area (Å²) >= 11 is 0. The van der Waals surface area contributed by atoms with Gasteiger partial charge >= 0.3 is 0 Å². The summed E-state index contributed by atoms with van der Waals surface area (Å²) in [6.07, 6.45) is 1.48. The number of ether oxygens (including phenoxy) is 2. The number of carbonyl (C=O) groups is 2. The summed E-state index contributed by atoms with van der Waals surface area (Å²) in [6, 6.07) is 12.5. The highest BCUT2D eigenvalue weighted by Gasteiger charge is 2.45. The van der Waals surface area contributed by atoms with Gasteiger partial charge in [-0.1, -0.05) is 45.0 Å². The fourth-order valence-electron chi connectivity index (χ4n) is 4.14. The molecule has 1 fully saturated rings. The van der Waals surface area contributed by atoms with Crippen LogP contribution in [0, 0.1) is 12.8 Å². The number of methoxy groups -OCH3 is 1. The third-order valence-corrected chi connectivity index (χ3v) is 6.01. The molecule has 1 saturated heterocycles. The Morgan fingerprint density at radius 2 is 1.82 bits per heavy atom. The van der Waals surface area contributed by atoms with Crippen LogP contribution >= 0.6 is 0 Å². The molecular formula is C28H35NO5. The molecular weight excluding hydrogens is 430 g/mol. The maximum atomic E-state index is 13.1. The van der Waals surface area contributed by atoms with Gasteiger partial charge in [0.05, 0.1) is 18.2 Å². The van der Waals surface area contributed by atoms with Crippen LogP contribution in [0.15, 0.2) is 48.0 Å². The maximum Gasteiger partial charge on any atom is 0.295 e. The first kappa shape index (κ1) is 25.5. The Morgan fingerprint density at radius 3 is 2.41 bits per heavy atom. The number of aliphatic hydroxyl groups excluding tert-OH is 1. The summed E-state index contributed by atoms with van der Waals surface area (Å²) in [4.78, 5) is 27.7. The number of aliphatic hydroxyl groups is 1. The Hall–Kier alpha value is -3.12. The molecule has 1 aliphatic rings. The summed E-state index contributed by atoms with van der Waals surface area (Å²) < 4.78 is 11.0. The second kappa shape index (κ2) is 11.3. The molecule has 1 heterocycles. The van der Waals surface area contributed by atoms with E-state index >= 15 is 0 Å². The van der Waals surface area contributed by atoms with Crippen LogP contribution in [0.2, 0.25) is 0 Å². The smallest absolute Gasteiger partial charge is 0.295 e. The van der Waals surface area contributed by atoms with Crippen molar-refractivity contribution in [3.8, 4) is 5.75 Å². The molecule has 2 aromatic rings. The van der Waals surface area contributed by atoms with E-state index in [-0.39, 0.29) is 11.3 Å². The lowest BCUT2D eigenvalue weighted by molar-refractivity contribution is -0.140. The molecule has 0 aliphatic carbocycles. The van der Waals surface area contributed by atoms with Gasteiger partial charge in [-0.2, -0.15) is 0 Å². The number of nitrogens with zero attached hydrogens (tertiary/aromatic N) is 1. The van der Waals surface area contributed by atoms with E-state index in [4.69, 9.17) is 9.47 Å². The lowest BCUT2D eigenvalue weighted by Crippen LogP contribution is -2.31. The van der Waals surface area contributed by atoms with Crippen molar-refractivity contribution in [2.75, 3.05) is 26.9 Å². The molecule has 3 rings (SSSR count). The first-order chi connectivity index (χ1) is 16.3. The summed E-state index contributed by atoms with van der Waals surface area (Å²) in [5, 5.41) is 11.3. The van der Waals surface area contributed by atoms with Gasteiger partial charge in [-0.3, -0.25) is 9.59 Å². The standard InChI is InChI=1S/C28H35NO5/c1-6-20-8-10-21(11-9-20)25-24(27(31)28(32)29(25)14-7-15-33-5)26(30)22-12-13-23(19(4)16-22)34-17-18(2)3/h8-13,16,18,25,30H,6-7,14-15,17H2,1-5H3/b26-24+. The van der Waals surface area contributed by atoms with Gasteiger partial charge in [-0.05, 0) is 60.6 Å². The first-order valence-electron chi connectivity index (χ1n) is 11.9. The largest absolute Gasteiger partial charge is 0.507 e. The Labute approximate surface area is 202 Å². The molecule has 0 spiro atoms. The van der Waals surface area contributed by atoms with E-state index in [1.165, 1.54) is 0 Å². The molecule has 1 unspecified atom stereocenters. The quantitative estimate of drug-likeness (QED) is 0.230. The molecule has 1 N–H and O–H groups in total. The van der Waals surface area contributed by atoms with Crippen molar-refractivity contribution in [2.45, 2.75) is 46.6 Å². The van der Waals surface area contributed by atoms with Gasteiger partial charge < -0.3 is 19.5 Å². The Morgan fingerprint density at radius 1 is 1.12 bits per heavy atom. The topological polar surface area (TPSA) is 76.1 Å². The van der Waals surface area contributed by atoms with Gasteiger partial charge in [0, 0.05) is 25.8 Å². The predicted molar refractivity (Wildman–Crippen MR) is 133 cm³/mol. The minimum Gasteiger partial charge on any atom is -0.507 e. The summed E-state index contributed by atoms with van der Waals surface area (Å²) in [6.45, 7) is 9.55. The zero-order valence-corrected chi connectivity index (χ0v) is 20.8. The number of benzene rings is 2. The van der Waals surface area contributed by atoms with Gasteiger partial charge in [0.1, 0.15) is 11.5 Å². The van der Waals surface area contributed by atoms with Crippen LogP contribution in [0.1, 0.15) is 55.5 Å². The Balaban J connectivity index is 2.05. The van der Waals surface area contributed by atoms with Crippen LogP contribution < -0.4 is 4.74 Å². The third-order valence-electron chi connectivity index (χ3n) is 6.01. The second-order valence-electron chi connectivity index (χ2n) is 9.12. The normalized spacial score (nSPS) is 17.6. The number of Topliss-reactive ketones (excluding diaryl/α,β-unsaturated/α-hetero) is 1. The van der Waals surface area contributed by atoms with Gasteiger partial charge in [-0.25, -0.2) is 0 Å². The average Bonchev–Trinajstić information content (AvgIpc) is 3.08. The number of carbonyl (C=O) groups excluding carboxylic acids is 2. The molecule has 0 bridgehead atoms. The SMILES string of the molecule is CCc1ccc(C2/C(=C(\O)c3ccc(OCC(C)C)c(C)c3)C(=O)C(=O)N2CCCOC)cc1. The molecule has 1 aliphatic heterocycles. The van der Waals surface area contributed by atoms with E-state index in [2.05, 4.69) is 20.8 Å². The second-order valence-corrected chi connectivity index (χ2v) is 9.12. The van der Waals surface area contributed by atoms with Crippen LogP contribution in [0.3, 0.4) is 0 Å².